The van der Waals surface area contributed by atoms with Crippen LogP contribution in [0.2, 0.25) is 0 Å². The molecule has 0 fully saturated rings. The van der Waals surface area contributed by atoms with E-state index in [0.717, 1.165) is 18.4 Å². The lowest BCUT2D eigenvalue weighted by atomic mass is 10.2. The van der Waals surface area contributed by atoms with Gasteiger partial charge in [-0.15, -0.1) is 0 Å². The highest BCUT2D eigenvalue weighted by Crippen LogP contribution is 2.24. The molecule has 6 nitrogen and oxygen atoms in total. The molecule has 0 bridgehead atoms. The van der Waals surface area contributed by atoms with E-state index in [0.29, 0.717) is 5.69 Å². The van der Waals surface area contributed by atoms with Crippen LogP contribution in [0.25, 0.3) is 5.69 Å². The number of aromatic nitrogens is 2. The molecule has 8 heteroatoms. The number of carboxylic acids is 1. The van der Waals surface area contributed by atoms with Crippen molar-refractivity contribution in [2.45, 2.75) is 11.8 Å². The van der Waals surface area contributed by atoms with E-state index < -0.39 is 27.2 Å². The number of aromatic carboxylic acids is 1. The van der Waals surface area contributed by atoms with Gasteiger partial charge in [0, 0.05) is 18.5 Å². The van der Waals surface area contributed by atoms with Crippen molar-refractivity contribution in [3.63, 3.8) is 0 Å². The van der Waals surface area contributed by atoms with Gasteiger partial charge in [0.25, 0.3) is 0 Å². The highest BCUT2D eigenvalue weighted by molar-refractivity contribution is 7.90. The number of hydrogen-bond acceptors (Lipinski definition) is 4. The Bertz CT molecular complexity index is 796. The molecule has 1 heterocycles. The molecular formula is C12H11FN2O4S. The Labute approximate surface area is 114 Å². The summed E-state index contributed by atoms with van der Waals surface area (Å²) in [5.41, 5.74) is -0.0474. The van der Waals surface area contributed by atoms with Crippen LogP contribution in [0.5, 0.6) is 0 Å². The fourth-order valence-corrected chi connectivity index (χ4v) is 2.63. The van der Waals surface area contributed by atoms with Crippen LogP contribution in [0.4, 0.5) is 4.39 Å². The Morgan fingerprint density at radius 2 is 2.05 bits per heavy atom. The first-order chi connectivity index (χ1) is 9.20. The van der Waals surface area contributed by atoms with Crippen LogP contribution >= 0.6 is 0 Å². The third kappa shape index (κ3) is 2.55. The first kappa shape index (κ1) is 14.2. The van der Waals surface area contributed by atoms with Gasteiger partial charge in [0.05, 0.1) is 28.2 Å². The Morgan fingerprint density at radius 1 is 1.40 bits per heavy atom. The van der Waals surface area contributed by atoms with Gasteiger partial charge in [-0.3, -0.25) is 0 Å². The van der Waals surface area contributed by atoms with Crippen LogP contribution in [-0.2, 0) is 9.84 Å². The smallest absolute Gasteiger partial charge is 0.338 e. The summed E-state index contributed by atoms with van der Waals surface area (Å²) in [5, 5.41) is 8.87. The molecule has 2 rings (SSSR count). The number of imidazole rings is 1. The van der Waals surface area contributed by atoms with E-state index in [9.17, 15) is 17.6 Å². The summed E-state index contributed by atoms with van der Waals surface area (Å²) in [6.45, 7) is 1.69. The van der Waals surface area contributed by atoms with Gasteiger partial charge in [-0.2, -0.15) is 0 Å². The number of hydrogen-bond donors (Lipinski definition) is 1. The number of aryl methyl sites for hydroxylation is 1. The molecule has 0 atom stereocenters. The molecule has 2 aromatic rings. The van der Waals surface area contributed by atoms with Gasteiger partial charge in [0.15, 0.2) is 9.84 Å². The molecular weight excluding hydrogens is 287 g/mol. The van der Waals surface area contributed by atoms with E-state index in [1.54, 1.807) is 6.92 Å². The quantitative estimate of drug-likeness (QED) is 0.866. The van der Waals surface area contributed by atoms with E-state index in [1.807, 2.05) is 0 Å². The van der Waals surface area contributed by atoms with Crippen LogP contribution in [0.15, 0.2) is 29.6 Å². The average molecular weight is 298 g/mol. The number of halogens is 1. The van der Waals surface area contributed by atoms with Crippen molar-refractivity contribution in [1.82, 2.24) is 9.55 Å². The maximum Gasteiger partial charge on any atom is 0.338 e. The van der Waals surface area contributed by atoms with Crippen molar-refractivity contribution >= 4 is 15.8 Å². The number of nitrogens with zero attached hydrogens (tertiary/aromatic N) is 2. The van der Waals surface area contributed by atoms with E-state index in [2.05, 4.69) is 4.98 Å². The third-order valence-corrected chi connectivity index (χ3v) is 3.79. The predicted octanol–water partition coefficient (Wildman–Crippen LogP) is 1.42. The summed E-state index contributed by atoms with van der Waals surface area (Å²) in [7, 11) is -3.72. The van der Waals surface area contributed by atoms with Gasteiger partial charge >= 0.3 is 5.97 Å². The fourth-order valence-electron chi connectivity index (χ4n) is 1.76. The van der Waals surface area contributed by atoms with Crippen molar-refractivity contribution < 1.29 is 22.7 Å². The minimum absolute atomic E-state index is 0.0237. The SMILES string of the molecule is Cc1cn(-c2cc(F)c(C(=O)O)cc2S(C)(=O)=O)cn1. The maximum absolute atomic E-state index is 13.8. The van der Waals surface area contributed by atoms with E-state index in [-0.39, 0.29) is 10.6 Å². The molecule has 1 aromatic carbocycles. The summed E-state index contributed by atoms with van der Waals surface area (Å²) in [6, 6.07) is 1.69. The second kappa shape index (κ2) is 4.71. The molecule has 0 radical (unpaired) electrons. The summed E-state index contributed by atoms with van der Waals surface area (Å²) in [6.07, 6.45) is 3.78. The average Bonchev–Trinajstić information content (AvgIpc) is 2.73. The normalized spacial score (nSPS) is 11.6. The van der Waals surface area contributed by atoms with Gasteiger partial charge in [-0.1, -0.05) is 0 Å². The van der Waals surface area contributed by atoms with Gasteiger partial charge in [0.2, 0.25) is 0 Å². The molecule has 1 aromatic heterocycles. The summed E-state index contributed by atoms with van der Waals surface area (Å²) in [4.78, 5) is 14.6. The van der Waals surface area contributed by atoms with Crippen LogP contribution in [0, 0.1) is 12.7 Å². The van der Waals surface area contributed by atoms with E-state index in [4.69, 9.17) is 5.11 Å². The predicted molar refractivity (Wildman–Crippen MR) is 68.3 cm³/mol. The van der Waals surface area contributed by atoms with Gasteiger partial charge < -0.3 is 9.67 Å². The second-order valence-corrected chi connectivity index (χ2v) is 6.28. The van der Waals surface area contributed by atoms with Crippen molar-refractivity contribution in [3.8, 4) is 5.69 Å². The topological polar surface area (TPSA) is 89.3 Å². The van der Waals surface area contributed by atoms with E-state index in [1.165, 1.54) is 17.1 Å². The molecule has 0 unspecified atom stereocenters. The first-order valence-electron chi connectivity index (χ1n) is 5.48. The number of sulfone groups is 1. The largest absolute Gasteiger partial charge is 0.478 e. The molecule has 0 saturated heterocycles. The summed E-state index contributed by atoms with van der Waals surface area (Å²) >= 11 is 0. The number of rotatable bonds is 3. The highest BCUT2D eigenvalue weighted by Gasteiger charge is 2.21. The lowest BCUT2D eigenvalue weighted by molar-refractivity contribution is 0.0691. The molecule has 0 aliphatic rings. The molecule has 0 aliphatic carbocycles. The molecule has 106 valence electrons. The highest BCUT2D eigenvalue weighted by atomic mass is 32.2. The first-order valence-corrected chi connectivity index (χ1v) is 7.37. The summed E-state index contributed by atoms with van der Waals surface area (Å²) in [5.74, 6) is -2.54. The van der Waals surface area contributed by atoms with Crippen LogP contribution in [0.1, 0.15) is 16.1 Å². The maximum atomic E-state index is 13.8. The van der Waals surface area contributed by atoms with Crippen molar-refractivity contribution in [2.75, 3.05) is 6.26 Å². The van der Waals surface area contributed by atoms with Gasteiger partial charge in [-0.25, -0.2) is 22.6 Å². The van der Waals surface area contributed by atoms with Crippen LogP contribution < -0.4 is 0 Å². The van der Waals surface area contributed by atoms with Crippen molar-refractivity contribution in [1.29, 1.82) is 0 Å². The lowest BCUT2D eigenvalue weighted by Gasteiger charge is -2.10. The molecule has 0 saturated carbocycles. The Morgan fingerprint density at radius 3 is 2.50 bits per heavy atom. The van der Waals surface area contributed by atoms with Crippen molar-refractivity contribution in [2.24, 2.45) is 0 Å². The molecule has 0 spiro atoms. The molecule has 0 aliphatic heterocycles. The Balaban J connectivity index is 2.80. The van der Waals surface area contributed by atoms with Crippen molar-refractivity contribution in [3.05, 3.63) is 41.7 Å². The molecule has 1 N–H and O–H groups in total. The van der Waals surface area contributed by atoms with Crippen LogP contribution in [-0.4, -0.2) is 35.3 Å². The molecule has 20 heavy (non-hydrogen) atoms. The zero-order valence-electron chi connectivity index (χ0n) is 10.7. The van der Waals surface area contributed by atoms with Gasteiger partial charge in [0.1, 0.15) is 5.82 Å². The standard InChI is InChI=1S/C12H11FN2O4S/c1-7-5-15(6-14-7)10-4-9(13)8(12(16)17)3-11(10)20(2,18)19/h3-6H,1-2H3,(H,16,17). The van der Waals surface area contributed by atoms with Gasteiger partial charge in [-0.05, 0) is 13.0 Å². The Kier molecular flexibility index (Phi) is 3.34. The minimum atomic E-state index is -3.72. The Hall–Kier alpha value is -2.22. The zero-order chi connectivity index (χ0) is 15.1. The summed E-state index contributed by atoms with van der Waals surface area (Å²) < 4.78 is 38.6. The third-order valence-electron chi connectivity index (χ3n) is 2.67. The number of benzene rings is 1. The fraction of sp³-hybridized carbons (Fsp3) is 0.167. The monoisotopic (exact) mass is 298 g/mol. The molecule has 0 amide bonds. The lowest BCUT2D eigenvalue weighted by Crippen LogP contribution is -2.09. The second-order valence-electron chi connectivity index (χ2n) is 4.30. The van der Waals surface area contributed by atoms with Crippen LogP contribution in [0.3, 0.4) is 0 Å². The van der Waals surface area contributed by atoms with E-state index >= 15 is 0 Å². The number of carboxylic acid groups (broad SMARTS) is 1. The minimum Gasteiger partial charge on any atom is -0.478 e. The zero-order valence-corrected chi connectivity index (χ0v) is 11.5. The number of carbonyl (C=O) groups is 1.